The summed E-state index contributed by atoms with van der Waals surface area (Å²) in [4.78, 5) is 14.1. The molecule has 0 aromatic rings. The second-order valence-corrected chi connectivity index (χ2v) is 5.58. The van der Waals surface area contributed by atoms with Crippen LogP contribution in [0.2, 0.25) is 0 Å². The molecule has 1 saturated carbocycles. The van der Waals surface area contributed by atoms with Crippen molar-refractivity contribution in [3.05, 3.63) is 0 Å². The zero-order chi connectivity index (χ0) is 13.2. The zero-order valence-corrected chi connectivity index (χ0v) is 11.4. The van der Waals surface area contributed by atoms with Crippen LogP contribution in [0.5, 0.6) is 0 Å². The minimum atomic E-state index is -0.800. The highest BCUT2D eigenvalue weighted by atomic mass is 16.5. The van der Waals surface area contributed by atoms with Gasteiger partial charge in [0.15, 0.2) is 0 Å². The van der Waals surface area contributed by atoms with E-state index in [1.807, 2.05) is 0 Å². The van der Waals surface area contributed by atoms with Crippen LogP contribution in [-0.4, -0.2) is 55.9 Å². The number of methoxy groups -OCH3 is 1. The Kier molecular flexibility index (Phi) is 4.25. The number of esters is 1. The summed E-state index contributed by atoms with van der Waals surface area (Å²) in [5.74, 6) is -0.275. The number of ether oxygens (including phenoxy) is 2. The molecule has 1 heterocycles. The predicted molar refractivity (Wildman–Crippen MR) is 68.2 cm³/mol. The van der Waals surface area contributed by atoms with Crippen molar-refractivity contribution in [3.8, 4) is 0 Å². The molecule has 2 rings (SSSR count). The Morgan fingerprint density at radius 3 is 2.83 bits per heavy atom. The highest BCUT2D eigenvalue weighted by Crippen LogP contribution is 2.31. The van der Waals surface area contributed by atoms with E-state index >= 15 is 0 Å². The Balaban J connectivity index is 1.99. The fourth-order valence-corrected chi connectivity index (χ4v) is 3.16. The zero-order valence-electron chi connectivity index (χ0n) is 11.4. The van der Waals surface area contributed by atoms with E-state index in [1.54, 1.807) is 0 Å². The van der Waals surface area contributed by atoms with Gasteiger partial charge in [-0.2, -0.15) is 0 Å². The van der Waals surface area contributed by atoms with Crippen molar-refractivity contribution in [1.82, 2.24) is 4.90 Å². The molecule has 18 heavy (non-hydrogen) atoms. The summed E-state index contributed by atoms with van der Waals surface area (Å²) in [5.41, 5.74) is 5.41. The molecule has 0 spiro atoms. The molecule has 0 bridgehead atoms. The lowest BCUT2D eigenvalue weighted by molar-refractivity contribution is -0.149. The largest absolute Gasteiger partial charge is 0.468 e. The van der Waals surface area contributed by atoms with Gasteiger partial charge in [0.2, 0.25) is 0 Å². The number of likely N-dealkylation sites (N-methyl/N-ethyl adjacent to an activating group) is 1. The number of carbonyl (C=O) groups is 1. The average molecular weight is 256 g/mol. The second-order valence-electron chi connectivity index (χ2n) is 5.58. The van der Waals surface area contributed by atoms with Crippen molar-refractivity contribution in [1.29, 1.82) is 0 Å². The highest BCUT2D eigenvalue weighted by molar-refractivity contribution is 5.80. The lowest BCUT2D eigenvalue weighted by atomic mass is 9.79. The highest BCUT2D eigenvalue weighted by Gasteiger charge is 2.42. The minimum Gasteiger partial charge on any atom is -0.468 e. The van der Waals surface area contributed by atoms with Crippen LogP contribution in [0.4, 0.5) is 0 Å². The van der Waals surface area contributed by atoms with Crippen LogP contribution < -0.4 is 5.73 Å². The van der Waals surface area contributed by atoms with Crippen LogP contribution in [0.3, 0.4) is 0 Å². The first kappa shape index (κ1) is 13.8. The smallest absolute Gasteiger partial charge is 0.325 e. The fourth-order valence-electron chi connectivity index (χ4n) is 3.16. The Bertz CT molecular complexity index is 305. The number of hydrogen-bond donors (Lipinski definition) is 1. The quantitative estimate of drug-likeness (QED) is 0.746. The molecule has 5 heteroatoms. The number of carbonyl (C=O) groups excluding carboxylic acids is 1. The normalized spacial score (nSPS) is 36.9. The summed E-state index contributed by atoms with van der Waals surface area (Å²) in [6, 6.07) is 0.824. The molecule has 0 aromatic carbocycles. The van der Waals surface area contributed by atoms with E-state index in [-0.39, 0.29) is 5.97 Å². The van der Waals surface area contributed by atoms with Crippen molar-refractivity contribution in [3.63, 3.8) is 0 Å². The third-order valence-electron chi connectivity index (χ3n) is 4.41. The molecule has 5 nitrogen and oxygen atoms in total. The van der Waals surface area contributed by atoms with Gasteiger partial charge in [-0.3, -0.25) is 9.69 Å². The predicted octanol–water partition coefficient (Wildman–Crippen LogP) is 0.520. The van der Waals surface area contributed by atoms with Gasteiger partial charge in [-0.15, -0.1) is 0 Å². The van der Waals surface area contributed by atoms with E-state index in [1.165, 1.54) is 7.11 Å². The lowest BCUT2D eigenvalue weighted by Gasteiger charge is -2.41. The molecule has 0 radical (unpaired) electrons. The van der Waals surface area contributed by atoms with Gasteiger partial charge in [-0.1, -0.05) is 0 Å². The Hall–Kier alpha value is -0.650. The first-order chi connectivity index (χ1) is 8.57. The molecule has 0 amide bonds. The summed E-state index contributed by atoms with van der Waals surface area (Å²) < 4.78 is 10.3. The summed E-state index contributed by atoms with van der Waals surface area (Å²) >= 11 is 0. The van der Waals surface area contributed by atoms with Gasteiger partial charge in [-0.25, -0.2) is 0 Å². The molecule has 2 N–H and O–H groups in total. The van der Waals surface area contributed by atoms with Gasteiger partial charge >= 0.3 is 5.97 Å². The van der Waals surface area contributed by atoms with Crippen LogP contribution in [0, 0.1) is 0 Å². The van der Waals surface area contributed by atoms with Gasteiger partial charge in [0.05, 0.1) is 13.7 Å². The van der Waals surface area contributed by atoms with Crippen LogP contribution in [0.1, 0.15) is 32.1 Å². The van der Waals surface area contributed by atoms with Crippen molar-refractivity contribution in [2.75, 3.05) is 27.4 Å². The molecule has 3 atom stereocenters. The fraction of sp³-hybridized carbons (Fsp3) is 0.923. The van der Waals surface area contributed by atoms with Crippen LogP contribution >= 0.6 is 0 Å². The molecule has 3 unspecified atom stereocenters. The van der Waals surface area contributed by atoms with Crippen LogP contribution in [-0.2, 0) is 14.3 Å². The standard InChI is InChI=1S/C13H24N2O3/c1-15(11-5-7-18-9-11)10-4-3-6-13(14,8-10)12(16)17-2/h10-11H,3-9,14H2,1-2H3. The first-order valence-corrected chi connectivity index (χ1v) is 6.74. The number of nitrogens with two attached hydrogens (primary N) is 1. The molecule has 0 aromatic heterocycles. The average Bonchev–Trinajstić information content (AvgIpc) is 2.90. The first-order valence-electron chi connectivity index (χ1n) is 6.74. The number of hydrogen-bond acceptors (Lipinski definition) is 5. The van der Waals surface area contributed by atoms with Gasteiger partial charge in [0.25, 0.3) is 0 Å². The van der Waals surface area contributed by atoms with Gasteiger partial charge < -0.3 is 15.2 Å². The third kappa shape index (κ3) is 2.68. The third-order valence-corrected chi connectivity index (χ3v) is 4.41. The van der Waals surface area contributed by atoms with Crippen molar-refractivity contribution in [2.24, 2.45) is 5.73 Å². The number of nitrogens with zero attached hydrogens (tertiary/aromatic N) is 1. The summed E-state index contributed by atoms with van der Waals surface area (Å²) in [7, 11) is 3.53. The van der Waals surface area contributed by atoms with Crippen molar-refractivity contribution < 1.29 is 14.3 Å². The Labute approximate surface area is 109 Å². The Morgan fingerprint density at radius 2 is 2.22 bits per heavy atom. The molecular weight excluding hydrogens is 232 g/mol. The molecule has 1 saturated heterocycles. The van der Waals surface area contributed by atoms with Crippen LogP contribution in [0.25, 0.3) is 0 Å². The van der Waals surface area contributed by atoms with Gasteiger partial charge in [0.1, 0.15) is 5.54 Å². The maximum absolute atomic E-state index is 11.8. The lowest BCUT2D eigenvalue weighted by Crippen LogP contribution is -2.56. The minimum absolute atomic E-state index is 0.275. The van der Waals surface area contributed by atoms with E-state index in [4.69, 9.17) is 15.2 Å². The van der Waals surface area contributed by atoms with Crippen LogP contribution in [0.15, 0.2) is 0 Å². The topological polar surface area (TPSA) is 64.8 Å². The summed E-state index contributed by atoms with van der Waals surface area (Å²) in [5, 5.41) is 0. The molecule has 1 aliphatic carbocycles. The molecule has 2 fully saturated rings. The van der Waals surface area contributed by atoms with E-state index in [9.17, 15) is 4.79 Å². The van der Waals surface area contributed by atoms with E-state index < -0.39 is 5.54 Å². The van der Waals surface area contributed by atoms with Crippen molar-refractivity contribution in [2.45, 2.75) is 49.7 Å². The Morgan fingerprint density at radius 1 is 1.44 bits per heavy atom. The summed E-state index contributed by atoms with van der Waals surface area (Å²) in [6.45, 7) is 1.63. The SMILES string of the molecule is COC(=O)C1(N)CCCC(N(C)C2CCOC2)C1. The maximum Gasteiger partial charge on any atom is 0.325 e. The molecule has 2 aliphatic rings. The van der Waals surface area contributed by atoms with Gasteiger partial charge in [-0.05, 0) is 39.2 Å². The van der Waals surface area contributed by atoms with Gasteiger partial charge in [0, 0.05) is 18.7 Å². The number of rotatable bonds is 3. The maximum atomic E-state index is 11.8. The molecule has 1 aliphatic heterocycles. The van der Waals surface area contributed by atoms with E-state index in [0.717, 1.165) is 38.9 Å². The molecular formula is C13H24N2O3. The van der Waals surface area contributed by atoms with Crippen molar-refractivity contribution >= 4 is 5.97 Å². The van der Waals surface area contributed by atoms with E-state index in [2.05, 4.69) is 11.9 Å². The summed E-state index contributed by atoms with van der Waals surface area (Å²) in [6.07, 6.45) is 4.57. The molecule has 104 valence electrons. The second kappa shape index (κ2) is 5.55. The monoisotopic (exact) mass is 256 g/mol. The van der Waals surface area contributed by atoms with E-state index in [0.29, 0.717) is 18.5 Å².